The number of pyridine rings is 1. The van der Waals surface area contributed by atoms with E-state index in [0.717, 1.165) is 16.5 Å². The van der Waals surface area contributed by atoms with Gasteiger partial charge in [-0.25, -0.2) is 4.39 Å². The van der Waals surface area contributed by atoms with Crippen molar-refractivity contribution >= 4 is 34.3 Å². The third-order valence-electron chi connectivity index (χ3n) is 3.79. The van der Waals surface area contributed by atoms with Crippen LogP contribution in [0.3, 0.4) is 0 Å². The van der Waals surface area contributed by atoms with Crippen molar-refractivity contribution in [2.45, 2.75) is 10.9 Å². The van der Waals surface area contributed by atoms with Crippen molar-refractivity contribution in [3.05, 3.63) is 77.5 Å². The van der Waals surface area contributed by atoms with Gasteiger partial charge in [-0.2, -0.15) is 0 Å². The van der Waals surface area contributed by atoms with Gasteiger partial charge in [0.15, 0.2) is 5.16 Å². The summed E-state index contributed by atoms with van der Waals surface area (Å²) in [6, 6.07) is 14.2. The highest BCUT2D eigenvalue weighted by Gasteiger charge is 2.12. The number of nitrogens with zero attached hydrogens (tertiary/aromatic N) is 4. The van der Waals surface area contributed by atoms with Crippen LogP contribution in [0.15, 0.2) is 66.2 Å². The Bertz CT molecular complexity index is 1050. The largest absolute Gasteiger partial charge is 0.274 e. The van der Waals surface area contributed by atoms with Crippen LogP contribution in [-0.4, -0.2) is 19.7 Å². The maximum atomic E-state index is 14.0. The van der Waals surface area contributed by atoms with Crippen molar-refractivity contribution < 1.29 is 4.39 Å². The van der Waals surface area contributed by atoms with Gasteiger partial charge < -0.3 is 0 Å². The minimum atomic E-state index is -0.317. The minimum absolute atomic E-state index is 0.317. The molecule has 25 heavy (non-hydrogen) atoms. The molecule has 0 saturated carbocycles. The Labute approximate surface area is 152 Å². The molecule has 0 atom stereocenters. The van der Waals surface area contributed by atoms with Crippen molar-refractivity contribution in [3.63, 3.8) is 0 Å². The Morgan fingerprint density at radius 3 is 2.84 bits per heavy atom. The number of thioether (sulfide) groups is 1. The fourth-order valence-corrected chi connectivity index (χ4v) is 3.71. The molecular formula is C18H12ClFN4S. The molecule has 7 heteroatoms. The summed E-state index contributed by atoms with van der Waals surface area (Å²) in [4.78, 5) is 4.44. The highest BCUT2D eigenvalue weighted by molar-refractivity contribution is 7.98. The summed E-state index contributed by atoms with van der Waals surface area (Å²) < 4.78 is 15.7. The molecule has 124 valence electrons. The molecule has 0 bridgehead atoms. The third-order valence-corrected chi connectivity index (χ3v) is 5.11. The van der Waals surface area contributed by atoms with Crippen LogP contribution >= 0.6 is 23.4 Å². The van der Waals surface area contributed by atoms with E-state index in [9.17, 15) is 4.39 Å². The summed E-state index contributed by atoms with van der Waals surface area (Å²) in [5.74, 6) is 0.306. The van der Waals surface area contributed by atoms with Crippen LogP contribution in [0, 0.1) is 5.82 Å². The van der Waals surface area contributed by atoms with Crippen molar-refractivity contribution in [1.29, 1.82) is 0 Å². The van der Waals surface area contributed by atoms with Gasteiger partial charge in [-0.1, -0.05) is 41.6 Å². The van der Waals surface area contributed by atoms with Gasteiger partial charge in [0.1, 0.15) is 12.1 Å². The summed E-state index contributed by atoms with van der Waals surface area (Å²) in [5.41, 5.74) is 2.32. The quantitative estimate of drug-likeness (QED) is 0.479. The van der Waals surface area contributed by atoms with Gasteiger partial charge in [0.25, 0.3) is 0 Å². The number of para-hydroxylation sites is 1. The molecule has 0 unspecified atom stereocenters. The highest BCUT2D eigenvalue weighted by atomic mass is 35.5. The first-order valence-corrected chi connectivity index (χ1v) is 8.90. The molecule has 2 aromatic heterocycles. The first kappa shape index (κ1) is 16.1. The van der Waals surface area contributed by atoms with E-state index in [1.807, 2.05) is 24.3 Å². The van der Waals surface area contributed by atoms with Crippen molar-refractivity contribution in [2.75, 3.05) is 0 Å². The Morgan fingerprint density at radius 2 is 1.96 bits per heavy atom. The summed E-state index contributed by atoms with van der Waals surface area (Å²) in [6.07, 6.45) is 3.26. The lowest BCUT2D eigenvalue weighted by atomic mass is 10.1. The van der Waals surface area contributed by atoms with Crippen LogP contribution in [0.2, 0.25) is 5.02 Å². The highest BCUT2D eigenvalue weighted by Crippen LogP contribution is 2.30. The van der Waals surface area contributed by atoms with Crippen LogP contribution in [-0.2, 0) is 5.75 Å². The predicted octanol–water partition coefficient (Wildman–Crippen LogP) is 4.90. The van der Waals surface area contributed by atoms with Crippen LogP contribution in [0.4, 0.5) is 4.39 Å². The Morgan fingerprint density at radius 1 is 1.08 bits per heavy atom. The number of aromatic nitrogens is 4. The molecular weight excluding hydrogens is 359 g/mol. The van der Waals surface area contributed by atoms with Gasteiger partial charge in [-0.05, 0) is 35.9 Å². The van der Waals surface area contributed by atoms with Crippen molar-refractivity contribution in [3.8, 4) is 5.69 Å². The fourth-order valence-electron chi connectivity index (χ4n) is 2.59. The maximum absolute atomic E-state index is 14.0. The number of hydrogen-bond donors (Lipinski definition) is 0. The van der Waals surface area contributed by atoms with Gasteiger partial charge in [0.05, 0.1) is 11.2 Å². The second-order valence-electron chi connectivity index (χ2n) is 5.33. The number of benzene rings is 2. The maximum Gasteiger partial charge on any atom is 0.196 e. The molecule has 0 aliphatic heterocycles. The van der Waals surface area contributed by atoms with E-state index in [1.54, 1.807) is 29.0 Å². The number of hydrogen-bond acceptors (Lipinski definition) is 4. The molecule has 0 spiro atoms. The van der Waals surface area contributed by atoms with E-state index in [1.165, 1.54) is 24.2 Å². The average molecular weight is 371 g/mol. The fraction of sp³-hybridized carbons (Fsp3) is 0.0556. The molecule has 4 aromatic rings. The van der Waals surface area contributed by atoms with Crippen LogP contribution in [0.25, 0.3) is 16.6 Å². The molecule has 2 aromatic carbocycles. The summed E-state index contributed by atoms with van der Waals surface area (Å²) in [6.45, 7) is 0. The van der Waals surface area contributed by atoms with E-state index >= 15 is 0 Å². The van der Waals surface area contributed by atoms with Gasteiger partial charge in [0, 0.05) is 22.4 Å². The zero-order chi connectivity index (χ0) is 17.2. The summed E-state index contributed by atoms with van der Waals surface area (Å²) >= 11 is 7.71. The molecule has 0 aliphatic rings. The lowest BCUT2D eigenvalue weighted by Crippen LogP contribution is -1.98. The van der Waals surface area contributed by atoms with Crippen molar-refractivity contribution in [2.24, 2.45) is 0 Å². The minimum Gasteiger partial charge on any atom is -0.274 e. The first-order valence-electron chi connectivity index (χ1n) is 7.54. The van der Waals surface area contributed by atoms with Gasteiger partial charge in [0.2, 0.25) is 0 Å². The monoisotopic (exact) mass is 370 g/mol. The topological polar surface area (TPSA) is 43.6 Å². The second-order valence-corrected chi connectivity index (χ2v) is 6.68. The molecule has 0 amide bonds. The van der Waals surface area contributed by atoms with E-state index in [4.69, 9.17) is 11.6 Å². The van der Waals surface area contributed by atoms with Crippen LogP contribution < -0.4 is 0 Å². The molecule has 4 nitrogen and oxygen atoms in total. The van der Waals surface area contributed by atoms with E-state index in [2.05, 4.69) is 15.2 Å². The Kier molecular flexibility index (Phi) is 4.38. The number of fused-ring (bicyclic) bond motifs is 1. The standard InChI is InChI=1S/C18H12ClFN4S/c19-14-8-7-12(17-13(14)4-3-9-21-17)10-25-18-23-22-11-24(18)16-6-2-1-5-15(16)20/h1-9,11H,10H2. The first-order chi connectivity index (χ1) is 12.2. The summed E-state index contributed by atoms with van der Waals surface area (Å²) in [5, 5.41) is 10.2. The SMILES string of the molecule is Fc1ccccc1-n1cnnc1SCc1ccc(Cl)c2cccnc12. The number of rotatable bonds is 4. The summed E-state index contributed by atoms with van der Waals surface area (Å²) in [7, 11) is 0. The third kappa shape index (κ3) is 3.10. The smallest absolute Gasteiger partial charge is 0.196 e. The lowest BCUT2D eigenvalue weighted by Gasteiger charge is -2.09. The Hall–Kier alpha value is -2.44. The lowest BCUT2D eigenvalue weighted by molar-refractivity contribution is 0.613. The molecule has 0 aliphatic carbocycles. The van der Waals surface area contributed by atoms with E-state index in [-0.39, 0.29) is 5.82 Å². The van der Waals surface area contributed by atoms with Gasteiger partial charge in [-0.15, -0.1) is 10.2 Å². The van der Waals surface area contributed by atoms with Gasteiger partial charge >= 0.3 is 0 Å². The average Bonchev–Trinajstić information content (AvgIpc) is 3.10. The van der Waals surface area contributed by atoms with E-state index < -0.39 is 0 Å². The molecule has 0 saturated heterocycles. The van der Waals surface area contributed by atoms with E-state index in [0.29, 0.717) is 21.6 Å². The normalized spacial score (nSPS) is 11.1. The molecule has 0 radical (unpaired) electrons. The predicted molar refractivity (Wildman–Crippen MR) is 97.6 cm³/mol. The Balaban J connectivity index is 1.65. The molecule has 0 N–H and O–H groups in total. The second kappa shape index (κ2) is 6.82. The van der Waals surface area contributed by atoms with Gasteiger partial charge in [-0.3, -0.25) is 9.55 Å². The zero-order valence-corrected chi connectivity index (χ0v) is 14.5. The zero-order valence-electron chi connectivity index (χ0n) is 12.9. The molecule has 4 rings (SSSR count). The molecule has 0 fully saturated rings. The van der Waals surface area contributed by atoms with Crippen molar-refractivity contribution in [1.82, 2.24) is 19.7 Å². The molecule has 2 heterocycles. The van der Waals surface area contributed by atoms with Crippen LogP contribution in [0.1, 0.15) is 5.56 Å². The number of halogens is 2. The van der Waals surface area contributed by atoms with Crippen LogP contribution in [0.5, 0.6) is 0 Å².